The number of nitrogens with zero attached hydrogens (tertiary/aromatic N) is 1. The van der Waals surface area contributed by atoms with Crippen LogP contribution in [0.15, 0.2) is 46.9 Å². The van der Waals surface area contributed by atoms with Crippen molar-refractivity contribution in [1.29, 1.82) is 0 Å². The zero-order valence-electron chi connectivity index (χ0n) is 12.0. The summed E-state index contributed by atoms with van der Waals surface area (Å²) in [6.45, 7) is 2.70. The summed E-state index contributed by atoms with van der Waals surface area (Å²) in [6.07, 6.45) is 0. The topological polar surface area (TPSA) is 17.0 Å². The molecule has 3 aromatic rings. The number of fused-ring (bicyclic) bond motifs is 1. The summed E-state index contributed by atoms with van der Waals surface area (Å²) in [5.74, 6) is -0.241. The van der Waals surface area contributed by atoms with Gasteiger partial charge in [-0.25, -0.2) is 4.39 Å². The quantitative estimate of drug-likeness (QED) is 0.706. The molecule has 2 aromatic carbocycles. The Labute approximate surface area is 131 Å². The number of anilines is 1. The fraction of sp³-hybridized carbons (Fsp3) is 0.176. The van der Waals surface area contributed by atoms with Gasteiger partial charge in [0.1, 0.15) is 5.82 Å². The molecule has 0 radical (unpaired) electrons. The lowest BCUT2D eigenvalue weighted by Gasteiger charge is -2.10. The van der Waals surface area contributed by atoms with Gasteiger partial charge in [-0.1, -0.05) is 34.1 Å². The number of rotatable bonds is 3. The molecule has 108 valence electrons. The fourth-order valence-electron chi connectivity index (χ4n) is 2.70. The van der Waals surface area contributed by atoms with Gasteiger partial charge in [0.15, 0.2) is 0 Å². The van der Waals surface area contributed by atoms with E-state index in [2.05, 4.69) is 44.9 Å². The highest BCUT2D eigenvalue weighted by Gasteiger charge is 2.11. The Balaban J connectivity index is 1.94. The van der Waals surface area contributed by atoms with E-state index in [1.54, 1.807) is 12.1 Å². The monoisotopic (exact) mass is 346 g/mol. The molecule has 0 unspecified atom stereocenters. The average molecular weight is 347 g/mol. The number of hydrogen-bond acceptors (Lipinski definition) is 1. The number of halogens is 2. The lowest BCUT2D eigenvalue weighted by molar-refractivity contribution is 0.629. The van der Waals surface area contributed by atoms with E-state index in [0.717, 1.165) is 10.2 Å². The Morgan fingerprint density at radius 2 is 1.95 bits per heavy atom. The van der Waals surface area contributed by atoms with Gasteiger partial charge in [0.05, 0.1) is 12.2 Å². The van der Waals surface area contributed by atoms with Crippen molar-refractivity contribution < 1.29 is 4.39 Å². The molecule has 21 heavy (non-hydrogen) atoms. The van der Waals surface area contributed by atoms with Crippen LogP contribution in [0.3, 0.4) is 0 Å². The van der Waals surface area contributed by atoms with Gasteiger partial charge in [0.25, 0.3) is 0 Å². The minimum atomic E-state index is -0.241. The van der Waals surface area contributed by atoms with Crippen molar-refractivity contribution in [2.24, 2.45) is 7.05 Å². The van der Waals surface area contributed by atoms with Crippen molar-refractivity contribution in [2.75, 3.05) is 5.32 Å². The second-order valence-corrected chi connectivity index (χ2v) is 6.04. The molecule has 0 bridgehead atoms. The molecule has 0 saturated carbocycles. The average Bonchev–Trinajstić information content (AvgIpc) is 2.73. The Morgan fingerprint density at radius 3 is 2.71 bits per heavy atom. The van der Waals surface area contributed by atoms with E-state index in [1.165, 1.54) is 22.5 Å². The smallest absolute Gasteiger partial charge is 0.146 e. The van der Waals surface area contributed by atoms with Crippen LogP contribution in [-0.4, -0.2) is 4.57 Å². The third-order valence-electron chi connectivity index (χ3n) is 3.88. The van der Waals surface area contributed by atoms with Crippen molar-refractivity contribution in [2.45, 2.75) is 13.5 Å². The van der Waals surface area contributed by atoms with Crippen molar-refractivity contribution in [3.05, 3.63) is 64.0 Å². The number of aromatic nitrogens is 1. The Morgan fingerprint density at radius 1 is 1.19 bits per heavy atom. The molecular weight excluding hydrogens is 331 g/mol. The van der Waals surface area contributed by atoms with Crippen LogP contribution >= 0.6 is 15.9 Å². The first-order valence-electron chi connectivity index (χ1n) is 6.79. The Kier molecular flexibility index (Phi) is 3.72. The number of para-hydroxylation sites is 1. The van der Waals surface area contributed by atoms with Gasteiger partial charge in [0, 0.05) is 28.1 Å². The zero-order valence-corrected chi connectivity index (χ0v) is 13.5. The minimum absolute atomic E-state index is 0.241. The van der Waals surface area contributed by atoms with Gasteiger partial charge in [0.2, 0.25) is 0 Å². The molecule has 0 fully saturated rings. The Bertz CT molecular complexity index is 769. The fourth-order valence-corrected chi connectivity index (χ4v) is 3.06. The number of aryl methyl sites for hydroxylation is 2. The second-order valence-electron chi connectivity index (χ2n) is 5.13. The molecule has 3 rings (SSSR count). The van der Waals surface area contributed by atoms with Crippen LogP contribution in [0.25, 0.3) is 10.9 Å². The highest BCUT2D eigenvalue weighted by molar-refractivity contribution is 9.10. The van der Waals surface area contributed by atoms with Crippen LogP contribution in [0, 0.1) is 12.7 Å². The van der Waals surface area contributed by atoms with Crippen LogP contribution in [-0.2, 0) is 13.6 Å². The van der Waals surface area contributed by atoms with Gasteiger partial charge in [-0.2, -0.15) is 0 Å². The van der Waals surface area contributed by atoms with Crippen LogP contribution in [0.5, 0.6) is 0 Å². The van der Waals surface area contributed by atoms with E-state index >= 15 is 0 Å². The molecule has 0 aliphatic heterocycles. The van der Waals surface area contributed by atoms with E-state index < -0.39 is 0 Å². The molecule has 0 atom stereocenters. The molecule has 1 heterocycles. The van der Waals surface area contributed by atoms with Gasteiger partial charge >= 0.3 is 0 Å². The third kappa shape index (κ3) is 2.56. The number of benzene rings is 2. The molecule has 1 aromatic heterocycles. The van der Waals surface area contributed by atoms with Crippen LogP contribution in [0.4, 0.5) is 10.1 Å². The maximum Gasteiger partial charge on any atom is 0.146 e. The van der Waals surface area contributed by atoms with Gasteiger partial charge in [-0.15, -0.1) is 0 Å². The molecule has 0 aliphatic carbocycles. The van der Waals surface area contributed by atoms with Crippen LogP contribution < -0.4 is 5.32 Å². The predicted molar refractivity (Wildman–Crippen MR) is 89.1 cm³/mol. The molecule has 0 amide bonds. The predicted octanol–water partition coefficient (Wildman–Crippen LogP) is 5.00. The maximum absolute atomic E-state index is 13.8. The normalized spacial score (nSPS) is 11.0. The standard InChI is InChI=1S/C17H16BrFN2/c1-11-13-5-3-4-6-16(13)21(2)17(11)10-20-15-9-12(18)7-8-14(15)19/h3-9,20H,10H2,1-2H3. The highest BCUT2D eigenvalue weighted by atomic mass is 79.9. The van der Waals surface area contributed by atoms with Crippen molar-refractivity contribution in [1.82, 2.24) is 4.57 Å². The molecule has 0 aliphatic rings. The van der Waals surface area contributed by atoms with E-state index in [1.807, 2.05) is 19.2 Å². The highest BCUT2D eigenvalue weighted by Crippen LogP contribution is 2.26. The minimum Gasteiger partial charge on any atom is -0.377 e. The van der Waals surface area contributed by atoms with Gasteiger partial charge in [-0.05, 0) is 36.8 Å². The first kappa shape index (κ1) is 14.1. The van der Waals surface area contributed by atoms with Crippen molar-refractivity contribution >= 4 is 32.5 Å². The summed E-state index contributed by atoms with van der Waals surface area (Å²) in [6, 6.07) is 13.2. The van der Waals surface area contributed by atoms with E-state index in [-0.39, 0.29) is 5.82 Å². The summed E-state index contributed by atoms with van der Waals surface area (Å²) in [7, 11) is 2.05. The van der Waals surface area contributed by atoms with E-state index in [0.29, 0.717) is 12.2 Å². The molecule has 4 heteroatoms. The largest absolute Gasteiger partial charge is 0.377 e. The summed E-state index contributed by atoms with van der Waals surface area (Å²) >= 11 is 3.37. The first-order chi connectivity index (χ1) is 10.1. The first-order valence-corrected chi connectivity index (χ1v) is 7.59. The summed E-state index contributed by atoms with van der Waals surface area (Å²) < 4.78 is 16.8. The summed E-state index contributed by atoms with van der Waals surface area (Å²) in [4.78, 5) is 0. The number of nitrogens with one attached hydrogen (secondary N) is 1. The molecular formula is C17H16BrFN2. The lowest BCUT2D eigenvalue weighted by Crippen LogP contribution is -2.07. The molecule has 2 nitrogen and oxygen atoms in total. The molecule has 0 spiro atoms. The molecule has 0 saturated heterocycles. The Hall–Kier alpha value is -1.81. The van der Waals surface area contributed by atoms with E-state index in [4.69, 9.17) is 0 Å². The maximum atomic E-state index is 13.8. The van der Waals surface area contributed by atoms with Crippen LogP contribution in [0.2, 0.25) is 0 Å². The number of hydrogen-bond donors (Lipinski definition) is 1. The summed E-state index contributed by atoms with van der Waals surface area (Å²) in [5, 5.41) is 4.43. The lowest BCUT2D eigenvalue weighted by atomic mass is 10.1. The van der Waals surface area contributed by atoms with Gasteiger partial charge in [-0.3, -0.25) is 0 Å². The molecule has 1 N–H and O–H groups in total. The zero-order chi connectivity index (χ0) is 15.0. The third-order valence-corrected chi connectivity index (χ3v) is 4.38. The summed E-state index contributed by atoms with van der Waals surface area (Å²) in [5.41, 5.74) is 4.10. The van der Waals surface area contributed by atoms with Crippen LogP contribution in [0.1, 0.15) is 11.3 Å². The SMILES string of the molecule is Cc1c(CNc2cc(Br)ccc2F)n(C)c2ccccc12. The van der Waals surface area contributed by atoms with E-state index in [9.17, 15) is 4.39 Å². The van der Waals surface area contributed by atoms with Crippen molar-refractivity contribution in [3.8, 4) is 0 Å². The second kappa shape index (κ2) is 5.53. The van der Waals surface area contributed by atoms with Gasteiger partial charge < -0.3 is 9.88 Å². The van der Waals surface area contributed by atoms with Crippen molar-refractivity contribution in [3.63, 3.8) is 0 Å².